The van der Waals surface area contributed by atoms with Gasteiger partial charge >= 0.3 is 0 Å². The van der Waals surface area contributed by atoms with Gasteiger partial charge in [0.2, 0.25) is 0 Å². The molecule has 8 heteroatoms. The van der Waals surface area contributed by atoms with E-state index < -0.39 is 0 Å². The number of nitrogens with one attached hydrogen (secondary N) is 2. The molecule has 0 aromatic carbocycles. The molecule has 3 aliphatic heterocycles. The van der Waals surface area contributed by atoms with E-state index in [1.165, 1.54) is 94.1 Å². The van der Waals surface area contributed by atoms with E-state index in [1.54, 1.807) is 0 Å². The summed E-state index contributed by atoms with van der Waals surface area (Å²) in [4.78, 5) is 2.49. The lowest BCUT2D eigenvalue weighted by molar-refractivity contribution is -0.0528. The van der Waals surface area contributed by atoms with E-state index in [1.807, 2.05) is 12.4 Å². The van der Waals surface area contributed by atoms with Crippen molar-refractivity contribution in [2.24, 2.45) is 28.1 Å². The van der Waals surface area contributed by atoms with E-state index >= 15 is 0 Å². The average molecular weight is 941 g/mol. The van der Waals surface area contributed by atoms with Crippen molar-refractivity contribution >= 4 is 0 Å². The summed E-state index contributed by atoms with van der Waals surface area (Å²) in [7, 11) is 0. The van der Waals surface area contributed by atoms with Gasteiger partial charge in [-0.3, -0.25) is 10.00 Å². The van der Waals surface area contributed by atoms with Gasteiger partial charge in [-0.2, -0.15) is 5.10 Å². The molecular weight excluding hydrogens is 827 g/mol. The molecule has 0 amide bonds. The number of fused-ring (bicyclic) bond motifs is 1. The molecule has 0 unspecified atom stereocenters. The summed E-state index contributed by atoms with van der Waals surface area (Å²) in [6.45, 7) is 55.1. The van der Waals surface area contributed by atoms with Crippen LogP contribution in [0.2, 0.25) is 0 Å². The number of likely N-dealkylation sites (tertiary alicyclic amines) is 1. The second-order valence-electron chi connectivity index (χ2n) is 28.4. The molecule has 3 saturated carbocycles. The fraction of sp³-hybridized carbons (Fsp3) is 0.881. The summed E-state index contributed by atoms with van der Waals surface area (Å²) in [5.74, 6) is 2.15. The summed E-state index contributed by atoms with van der Waals surface area (Å²) in [5.41, 5.74) is 6.68. The number of ether oxygens (including phenoxy) is 3. The van der Waals surface area contributed by atoms with Crippen molar-refractivity contribution in [2.75, 3.05) is 39.5 Å². The Labute approximate surface area is 416 Å². The summed E-state index contributed by atoms with van der Waals surface area (Å²) < 4.78 is 18.7. The lowest BCUT2D eigenvalue weighted by Gasteiger charge is -2.42. The van der Waals surface area contributed by atoms with E-state index in [4.69, 9.17) is 14.2 Å². The van der Waals surface area contributed by atoms with Crippen molar-refractivity contribution in [3.63, 3.8) is 0 Å². The van der Waals surface area contributed by atoms with Crippen LogP contribution in [0.15, 0.2) is 24.7 Å². The fourth-order valence-corrected chi connectivity index (χ4v) is 7.65. The zero-order chi connectivity index (χ0) is 50.9. The predicted molar refractivity (Wildman–Crippen MR) is 289 cm³/mol. The number of aromatic nitrogens is 3. The largest absolute Gasteiger partial charge is 0.381 e. The first-order valence-corrected chi connectivity index (χ1v) is 27.1. The third-order valence-corrected chi connectivity index (χ3v) is 13.2. The van der Waals surface area contributed by atoms with Crippen LogP contribution >= 0.6 is 0 Å². The van der Waals surface area contributed by atoms with Gasteiger partial charge in [0.05, 0.1) is 32.1 Å². The third-order valence-electron chi connectivity index (χ3n) is 13.2. The number of hydrogen-bond acceptors (Lipinski definition) is 6. The molecule has 2 N–H and O–H groups in total. The normalized spacial score (nSPS) is 19.5. The maximum Gasteiger partial charge on any atom is 0.0868 e. The lowest BCUT2D eigenvalue weighted by Crippen LogP contribution is -2.49. The minimum atomic E-state index is 0.229. The zero-order valence-electron chi connectivity index (χ0n) is 48.3. The summed E-state index contributed by atoms with van der Waals surface area (Å²) in [5, 5.41) is 10.1. The van der Waals surface area contributed by atoms with Crippen LogP contribution in [0.5, 0.6) is 0 Å². The minimum absolute atomic E-state index is 0.229. The monoisotopic (exact) mass is 940 g/mol. The molecule has 392 valence electrons. The number of rotatable bonds is 5. The maximum absolute atomic E-state index is 5.77. The van der Waals surface area contributed by atoms with Crippen molar-refractivity contribution < 1.29 is 14.2 Å². The van der Waals surface area contributed by atoms with Crippen LogP contribution in [-0.4, -0.2) is 82.4 Å². The predicted octanol–water partition coefficient (Wildman–Crippen LogP) is 15.3. The number of aromatic amines is 1. The van der Waals surface area contributed by atoms with Crippen molar-refractivity contribution in [3.05, 3.63) is 41.5 Å². The van der Waals surface area contributed by atoms with Crippen LogP contribution in [0.25, 0.3) is 0 Å². The minimum Gasteiger partial charge on any atom is -0.381 e. The Hall–Kier alpha value is -1.71. The van der Waals surface area contributed by atoms with Crippen molar-refractivity contribution in [1.82, 2.24) is 25.0 Å². The SMILES string of the molecule is CC(C)(C)C1CCC1.CC(C)(C)CCC1CC1.CC(C)(C)COC1CCOCC1.CC(C)(C)N1CCC1.CC(C)(C)NC1CC1.CC(C)(C)c1cc2n(c1)CCOC2.CC(C)(C)c1cn[nH]c1. The van der Waals surface area contributed by atoms with Crippen LogP contribution in [0.4, 0.5) is 0 Å². The molecule has 0 spiro atoms. The molecule has 67 heavy (non-hydrogen) atoms. The molecule has 2 saturated heterocycles. The Kier molecular flexibility index (Phi) is 24.9. The molecule has 8 nitrogen and oxygen atoms in total. The standard InChI is InChI=1S/C11H17NO.C10H20O2.C9H18.C8H16.C7H12N2.2C7H15N/c1-11(2,3)9-6-10-8-13-5-4-12(10)7-9;1-10(2,3)8-12-9-4-6-11-7-5-9;1-9(2,3)7-6-8-4-5-8;1-8(2,3)7-5-4-6-7;1-7(2,3)6-4-8-9-5-6;1-7(2,3)8-5-4-6-8;1-7(2,3)8-6-4-5-6/h6-7H,4-5,8H2,1-3H3;9H,4-8H2,1-3H3;8H,4-7H2,1-3H3;7H,4-6H2,1-3H3;4-5H,1-3H3,(H,8,9);4-6H2,1-3H3;6,8H,4-5H2,1-3H3. The van der Waals surface area contributed by atoms with Crippen LogP contribution < -0.4 is 5.32 Å². The van der Waals surface area contributed by atoms with Crippen LogP contribution in [0.3, 0.4) is 0 Å². The highest BCUT2D eigenvalue weighted by Crippen LogP contribution is 2.41. The smallest absolute Gasteiger partial charge is 0.0868 e. The topological polar surface area (TPSA) is 76.6 Å². The first-order chi connectivity index (χ1) is 30.6. The first kappa shape index (κ1) is 61.4. The van der Waals surface area contributed by atoms with Gasteiger partial charge in [0.1, 0.15) is 0 Å². The Balaban J connectivity index is 0.000000271. The molecule has 0 radical (unpaired) electrons. The molecule has 0 bridgehead atoms. The molecule has 5 fully saturated rings. The van der Waals surface area contributed by atoms with E-state index in [0.717, 1.165) is 70.3 Å². The zero-order valence-corrected chi connectivity index (χ0v) is 48.3. The number of nitrogens with zero attached hydrogens (tertiary/aromatic N) is 3. The Bertz CT molecular complexity index is 1510. The maximum atomic E-state index is 5.77. The lowest BCUT2D eigenvalue weighted by atomic mass is 9.69. The molecule has 8 rings (SSSR count). The number of H-pyrrole nitrogens is 1. The first-order valence-electron chi connectivity index (χ1n) is 27.1. The van der Waals surface area contributed by atoms with Gasteiger partial charge in [0.25, 0.3) is 0 Å². The Morgan fingerprint density at radius 1 is 0.657 bits per heavy atom. The van der Waals surface area contributed by atoms with Gasteiger partial charge < -0.3 is 24.1 Å². The van der Waals surface area contributed by atoms with Gasteiger partial charge in [-0.25, -0.2) is 0 Å². The Morgan fingerprint density at radius 3 is 1.54 bits per heavy atom. The highest BCUT2D eigenvalue weighted by atomic mass is 16.5. The summed E-state index contributed by atoms with van der Waals surface area (Å²) in [6, 6.07) is 3.11. The second kappa shape index (κ2) is 27.2. The summed E-state index contributed by atoms with van der Waals surface area (Å²) in [6.07, 6.45) is 23.1. The van der Waals surface area contributed by atoms with E-state index in [0.29, 0.717) is 28.0 Å². The molecule has 2 aromatic heterocycles. The average Bonchev–Trinajstić information content (AvgIpc) is 4.01. The second-order valence-corrected chi connectivity index (χ2v) is 28.4. The van der Waals surface area contributed by atoms with Gasteiger partial charge in [0, 0.05) is 55.0 Å². The highest BCUT2D eigenvalue weighted by Gasteiger charge is 2.30. The molecule has 6 aliphatic rings. The van der Waals surface area contributed by atoms with E-state index in [-0.39, 0.29) is 16.2 Å². The molecule has 3 aliphatic carbocycles. The van der Waals surface area contributed by atoms with Crippen LogP contribution in [0.1, 0.15) is 239 Å². The molecule has 2 aromatic rings. The van der Waals surface area contributed by atoms with E-state index in [2.05, 4.69) is 183 Å². The van der Waals surface area contributed by atoms with Crippen LogP contribution in [0, 0.1) is 28.1 Å². The van der Waals surface area contributed by atoms with E-state index in [9.17, 15) is 0 Å². The molecule has 0 atom stereocenters. The third kappa shape index (κ3) is 29.9. The number of hydrogen-bond donors (Lipinski definition) is 2. The van der Waals surface area contributed by atoms with Gasteiger partial charge in [-0.05, 0) is 169 Å². The molecular formula is C59H113N5O3. The quantitative estimate of drug-likeness (QED) is 0.311. The highest BCUT2D eigenvalue weighted by molar-refractivity contribution is 5.25. The van der Waals surface area contributed by atoms with Gasteiger partial charge in [0.15, 0.2) is 0 Å². The van der Waals surface area contributed by atoms with Crippen molar-refractivity contribution in [3.8, 4) is 0 Å². The molecule has 5 heterocycles. The van der Waals surface area contributed by atoms with Crippen molar-refractivity contribution in [1.29, 1.82) is 0 Å². The van der Waals surface area contributed by atoms with Gasteiger partial charge in [-0.1, -0.05) is 123 Å². The van der Waals surface area contributed by atoms with Crippen molar-refractivity contribution in [2.45, 2.75) is 270 Å². The van der Waals surface area contributed by atoms with Crippen LogP contribution in [-0.2, 0) is 38.2 Å². The summed E-state index contributed by atoms with van der Waals surface area (Å²) >= 11 is 0. The fourth-order valence-electron chi connectivity index (χ4n) is 7.65. The Morgan fingerprint density at radius 2 is 1.24 bits per heavy atom. The van der Waals surface area contributed by atoms with Gasteiger partial charge in [-0.15, -0.1) is 0 Å².